The first-order chi connectivity index (χ1) is 13.5. The van der Waals surface area contributed by atoms with Crippen molar-refractivity contribution in [3.05, 3.63) is 58.9 Å². The zero-order valence-electron chi connectivity index (χ0n) is 15.9. The summed E-state index contributed by atoms with van der Waals surface area (Å²) in [5, 5.41) is 14.1. The molecule has 1 saturated carbocycles. The van der Waals surface area contributed by atoms with Crippen molar-refractivity contribution in [2.24, 2.45) is 0 Å². The highest BCUT2D eigenvalue weighted by Crippen LogP contribution is 2.42. The Morgan fingerprint density at radius 2 is 2.25 bits per heavy atom. The molecule has 2 aromatic heterocycles. The number of aromatic amines is 1. The monoisotopic (exact) mass is 382 g/mol. The van der Waals surface area contributed by atoms with E-state index in [1.54, 1.807) is 12.3 Å². The largest absolute Gasteiger partial charge is 0.289 e. The van der Waals surface area contributed by atoms with Gasteiger partial charge in [0, 0.05) is 18.4 Å². The molecular formula is C20H23FN6O. The highest BCUT2D eigenvalue weighted by atomic mass is 19.1. The number of hydrogen-bond donors (Lipinski definition) is 2. The summed E-state index contributed by atoms with van der Waals surface area (Å²) in [6.07, 6.45) is 5.16. The van der Waals surface area contributed by atoms with Crippen LogP contribution in [-0.2, 0) is 6.42 Å². The Kier molecular flexibility index (Phi) is 4.93. The molecule has 7 nitrogen and oxygen atoms in total. The van der Waals surface area contributed by atoms with Gasteiger partial charge in [-0.25, -0.2) is 4.39 Å². The van der Waals surface area contributed by atoms with Gasteiger partial charge in [0.05, 0.1) is 17.5 Å². The molecule has 2 heterocycles. The quantitative estimate of drug-likeness (QED) is 0.650. The van der Waals surface area contributed by atoms with Crippen LogP contribution >= 0.6 is 0 Å². The third-order valence-electron chi connectivity index (χ3n) is 5.07. The van der Waals surface area contributed by atoms with E-state index >= 15 is 0 Å². The fraction of sp³-hybridized carbons (Fsp3) is 0.400. The molecule has 1 aromatic carbocycles. The maximum atomic E-state index is 13.3. The first-order valence-corrected chi connectivity index (χ1v) is 9.59. The van der Waals surface area contributed by atoms with E-state index < -0.39 is 0 Å². The molecule has 1 unspecified atom stereocenters. The van der Waals surface area contributed by atoms with Crippen LogP contribution in [0.15, 0.2) is 30.5 Å². The van der Waals surface area contributed by atoms with Crippen molar-refractivity contribution in [3.8, 4) is 0 Å². The lowest BCUT2D eigenvalue weighted by Crippen LogP contribution is -2.16. The third-order valence-corrected chi connectivity index (χ3v) is 5.07. The second-order valence-electron chi connectivity index (χ2n) is 7.29. The fourth-order valence-corrected chi connectivity index (χ4v) is 3.27. The van der Waals surface area contributed by atoms with Crippen LogP contribution in [0.5, 0.6) is 0 Å². The lowest BCUT2D eigenvalue weighted by atomic mass is 10.1. The summed E-state index contributed by atoms with van der Waals surface area (Å²) in [5.74, 6) is 0.602. The summed E-state index contributed by atoms with van der Waals surface area (Å²) in [6, 6.07) is 6.56. The van der Waals surface area contributed by atoms with Gasteiger partial charge in [-0.15, -0.1) is 5.10 Å². The van der Waals surface area contributed by atoms with E-state index in [0.717, 1.165) is 30.5 Å². The average Bonchev–Trinajstić information content (AvgIpc) is 3.26. The summed E-state index contributed by atoms with van der Waals surface area (Å²) in [6.45, 7) is 4.21. The summed E-state index contributed by atoms with van der Waals surface area (Å²) in [5.41, 5.74) is 2.36. The molecule has 0 spiro atoms. The number of nitrogens with one attached hydrogen (secondary N) is 2. The second kappa shape index (κ2) is 7.53. The Balaban J connectivity index is 1.49. The van der Waals surface area contributed by atoms with Crippen LogP contribution in [0.4, 0.5) is 10.3 Å². The fourth-order valence-electron chi connectivity index (χ4n) is 3.27. The highest BCUT2D eigenvalue weighted by molar-refractivity contribution is 6.04. The number of rotatable bonds is 7. The minimum absolute atomic E-state index is 0.203. The van der Waals surface area contributed by atoms with Crippen molar-refractivity contribution < 1.29 is 9.18 Å². The van der Waals surface area contributed by atoms with Gasteiger partial charge in [-0.05, 0) is 43.9 Å². The number of amides is 1. The van der Waals surface area contributed by atoms with Crippen LogP contribution in [0.1, 0.15) is 72.5 Å². The predicted octanol–water partition coefficient (Wildman–Crippen LogP) is 3.83. The number of halogens is 1. The molecule has 28 heavy (non-hydrogen) atoms. The molecule has 0 bridgehead atoms. The van der Waals surface area contributed by atoms with Gasteiger partial charge in [0.2, 0.25) is 5.95 Å². The van der Waals surface area contributed by atoms with E-state index in [1.165, 1.54) is 12.1 Å². The smallest absolute Gasteiger partial charge is 0.261 e. The van der Waals surface area contributed by atoms with Crippen LogP contribution in [0.25, 0.3) is 0 Å². The lowest BCUT2D eigenvalue weighted by molar-refractivity contribution is 0.102. The molecule has 2 N–H and O–H groups in total. The molecule has 1 aliphatic carbocycles. The average molecular weight is 382 g/mol. The normalized spacial score (nSPS) is 14.8. The number of H-pyrrole nitrogens is 1. The van der Waals surface area contributed by atoms with Crippen LogP contribution < -0.4 is 5.32 Å². The van der Waals surface area contributed by atoms with Crippen molar-refractivity contribution in [2.75, 3.05) is 5.32 Å². The Morgan fingerprint density at radius 3 is 2.96 bits per heavy atom. The topological polar surface area (TPSA) is 88.5 Å². The standard InChI is InChI=1S/C20H23FN6O/c1-3-12(2)27-18(14-7-8-14)16(11-22-27)19(28)24-20-23-17(25-26-20)10-13-5-4-6-15(21)9-13/h4-6,9,11-12,14H,3,7-8,10H2,1-2H3,(H2,23,24,25,26,28). The van der Waals surface area contributed by atoms with E-state index in [9.17, 15) is 9.18 Å². The molecule has 1 aliphatic rings. The minimum Gasteiger partial charge on any atom is -0.289 e. The van der Waals surface area contributed by atoms with Crippen molar-refractivity contribution in [3.63, 3.8) is 0 Å². The van der Waals surface area contributed by atoms with Gasteiger partial charge in [0.1, 0.15) is 11.6 Å². The summed E-state index contributed by atoms with van der Waals surface area (Å²) >= 11 is 0. The van der Waals surface area contributed by atoms with Gasteiger partial charge in [-0.3, -0.25) is 19.9 Å². The van der Waals surface area contributed by atoms with Crippen molar-refractivity contribution in [1.82, 2.24) is 25.0 Å². The number of anilines is 1. The molecule has 0 aliphatic heterocycles. The molecule has 3 aromatic rings. The Labute approximate surface area is 162 Å². The van der Waals surface area contributed by atoms with Gasteiger partial charge in [0.25, 0.3) is 5.91 Å². The number of hydrogen-bond acceptors (Lipinski definition) is 4. The van der Waals surface area contributed by atoms with Gasteiger partial charge in [0.15, 0.2) is 0 Å². The van der Waals surface area contributed by atoms with Crippen LogP contribution in [-0.4, -0.2) is 30.9 Å². The maximum absolute atomic E-state index is 13.3. The summed E-state index contributed by atoms with van der Waals surface area (Å²) in [7, 11) is 0. The first-order valence-electron chi connectivity index (χ1n) is 9.59. The molecule has 0 saturated heterocycles. The molecule has 1 amide bonds. The molecule has 0 radical (unpaired) electrons. The molecule has 146 valence electrons. The Morgan fingerprint density at radius 1 is 1.43 bits per heavy atom. The van der Waals surface area contributed by atoms with Gasteiger partial charge in [-0.1, -0.05) is 19.1 Å². The summed E-state index contributed by atoms with van der Waals surface area (Å²) < 4.78 is 15.3. The first kappa shape index (κ1) is 18.3. The zero-order valence-corrected chi connectivity index (χ0v) is 15.9. The molecule has 1 fully saturated rings. The van der Waals surface area contributed by atoms with Crippen molar-refractivity contribution in [1.29, 1.82) is 0 Å². The van der Waals surface area contributed by atoms with Crippen LogP contribution in [0.2, 0.25) is 0 Å². The number of aromatic nitrogens is 5. The van der Waals surface area contributed by atoms with E-state index in [0.29, 0.717) is 23.7 Å². The Bertz CT molecular complexity index is 990. The SMILES string of the molecule is CCC(C)n1ncc(C(=O)Nc2n[nH]c(Cc3cccc(F)c3)n2)c1C1CC1. The van der Waals surface area contributed by atoms with E-state index in [2.05, 4.69) is 39.4 Å². The van der Waals surface area contributed by atoms with Gasteiger partial charge >= 0.3 is 0 Å². The number of nitrogens with zero attached hydrogens (tertiary/aromatic N) is 4. The third kappa shape index (κ3) is 3.81. The van der Waals surface area contributed by atoms with E-state index in [4.69, 9.17) is 0 Å². The Hall–Kier alpha value is -3.03. The van der Waals surface area contributed by atoms with Gasteiger partial charge < -0.3 is 0 Å². The predicted molar refractivity (Wildman–Crippen MR) is 103 cm³/mol. The number of benzene rings is 1. The minimum atomic E-state index is -0.295. The molecular weight excluding hydrogens is 359 g/mol. The van der Waals surface area contributed by atoms with Gasteiger partial charge in [-0.2, -0.15) is 10.1 Å². The maximum Gasteiger partial charge on any atom is 0.261 e. The number of carbonyl (C=O) groups excluding carboxylic acids is 1. The lowest BCUT2D eigenvalue weighted by Gasteiger charge is -2.14. The van der Waals surface area contributed by atoms with Crippen molar-refractivity contribution in [2.45, 2.75) is 51.5 Å². The number of carbonyl (C=O) groups is 1. The van der Waals surface area contributed by atoms with E-state index in [1.807, 2.05) is 10.7 Å². The van der Waals surface area contributed by atoms with Crippen LogP contribution in [0, 0.1) is 5.82 Å². The highest BCUT2D eigenvalue weighted by Gasteiger charge is 2.33. The van der Waals surface area contributed by atoms with E-state index in [-0.39, 0.29) is 23.7 Å². The van der Waals surface area contributed by atoms with Crippen LogP contribution in [0.3, 0.4) is 0 Å². The molecule has 1 atom stereocenters. The molecule has 4 rings (SSSR count). The summed E-state index contributed by atoms with van der Waals surface area (Å²) in [4.78, 5) is 17.1. The van der Waals surface area contributed by atoms with Crippen molar-refractivity contribution >= 4 is 11.9 Å². The second-order valence-corrected chi connectivity index (χ2v) is 7.29. The zero-order chi connectivity index (χ0) is 19.7. The molecule has 8 heteroatoms.